The first kappa shape index (κ1) is 22.2. The second kappa shape index (κ2) is 10.1. The third-order valence-corrected chi connectivity index (χ3v) is 8.20. The van der Waals surface area contributed by atoms with Gasteiger partial charge in [-0.1, -0.05) is 36.4 Å². The van der Waals surface area contributed by atoms with E-state index in [9.17, 15) is 9.59 Å². The quantitative estimate of drug-likeness (QED) is 0.494. The largest absolute Gasteiger partial charge is 0.336 e. The SMILES string of the molecule is O=C(c1ccccc1SCC(=O)N1CCc2ccccc21)N1CCN(Cc2cccs2)CC1. The number of hydrogen-bond acceptors (Lipinski definition) is 5. The van der Waals surface area contributed by atoms with Crippen molar-refractivity contribution in [2.75, 3.05) is 43.4 Å². The smallest absolute Gasteiger partial charge is 0.255 e. The van der Waals surface area contributed by atoms with E-state index in [2.05, 4.69) is 28.5 Å². The average molecular weight is 478 g/mol. The number of nitrogens with zero attached hydrogens (tertiary/aromatic N) is 3. The lowest BCUT2D eigenvalue weighted by Crippen LogP contribution is -2.48. The molecule has 0 spiro atoms. The van der Waals surface area contributed by atoms with Gasteiger partial charge in [-0.05, 0) is 41.6 Å². The normalized spacial score (nSPS) is 16.1. The van der Waals surface area contributed by atoms with Crippen LogP contribution in [0, 0.1) is 0 Å². The number of rotatable bonds is 6. The van der Waals surface area contributed by atoms with Crippen LogP contribution in [0.2, 0.25) is 0 Å². The summed E-state index contributed by atoms with van der Waals surface area (Å²) in [6.07, 6.45) is 0.903. The Labute approximate surface area is 203 Å². The second-order valence-electron chi connectivity index (χ2n) is 8.36. The predicted octanol–water partition coefficient (Wildman–Crippen LogP) is 4.39. The molecule has 5 rings (SSSR count). The second-order valence-corrected chi connectivity index (χ2v) is 10.4. The Bertz CT molecular complexity index is 1120. The Morgan fingerprint density at radius 1 is 0.879 bits per heavy atom. The molecule has 1 aromatic heterocycles. The van der Waals surface area contributed by atoms with E-state index in [0.29, 0.717) is 11.3 Å². The molecular formula is C26H27N3O2S2. The molecule has 2 amide bonds. The van der Waals surface area contributed by atoms with E-state index in [0.717, 1.165) is 56.3 Å². The molecule has 0 saturated carbocycles. The van der Waals surface area contributed by atoms with Crippen molar-refractivity contribution in [3.05, 3.63) is 82.0 Å². The lowest BCUT2D eigenvalue weighted by molar-refractivity contribution is -0.116. The monoisotopic (exact) mass is 477 g/mol. The summed E-state index contributed by atoms with van der Waals surface area (Å²) in [4.78, 5) is 34.7. The van der Waals surface area contributed by atoms with Gasteiger partial charge in [0.25, 0.3) is 5.91 Å². The fourth-order valence-electron chi connectivity index (χ4n) is 4.49. The molecule has 1 saturated heterocycles. The third-order valence-electron chi connectivity index (χ3n) is 6.28. The van der Waals surface area contributed by atoms with Crippen LogP contribution in [0.25, 0.3) is 0 Å². The molecule has 0 unspecified atom stereocenters. The fourth-order valence-corrected chi connectivity index (χ4v) is 6.15. The van der Waals surface area contributed by atoms with Crippen LogP contribution in [0.1, 0.15) is 20.8 Å². The number of anilines is 1. The maximum atomic E-state index is 13.3. The van der Waals surface area contributed by atoms with E-state index in [1.807, 2.05) is 52.3 Å². The number of carbonyl (C=O) groups is 2. The fraction of sp³-hybridized carbons (Fsp3) is 0.308. The van der Waals surface area contributed by atoms with E-state index < -0.39 is 0 Å². The first-order chi connectivity index (χ1) is 16.2. The van der Waals surface area contributed by atoms with Crippen LogP contribution in [-0.4, -0.2) is 60.1 Å². The first-order valence-corrected chi connectivity index (χ1v) is 13.2. The lowest BCUT2D eigenvalue weighted by atomic mass is 10.2. The van der Waals surface area contributed by atoms with Gasteiger partial charge in [0, 0.05) is 54.7 Å². The van der Waals surface area contributed by atoms with Crippen LogP contribution >= 0.6 is 23.1 Å². The minimum atomic E-state index is 0.0628. The van der Waals surface area contributed by atoms with Crippen molar-refractivity contribution in [2.45, 2.75) is 17.9 Å². The van der Waals surface area contributed by atoms with E-state index in [4.69, 9.17) is 0 Å². The zero-order valence-electron chi connectivity index (χ0n) is 18.5. The molecule has 170 valence electrons. The Morgan fingerprint density at radius 3 is 2.48 bits per heavy atom. The number of hydrogen-bond donors (Lipinski definition) is 0. The highest BCUT2D eigenvalue weighted by Crippen LogP contribution is 2.30. The Morgan fingerprint density at radius 2 is 1.67 bits per heavy atom. The summed E-state index contributed by atoms with van der Waals surface area (Å²) >= 11 is 3.24. The minimum Gasteiger partial charge on any atom is -0.336 e. The molecule has 7 heteroatoms. The highest BCUT2D eigenvalue weighted by Gasteiger charge is 2.26. The van der Waals surface area contributed by atoms with Crippen LogP contribution in [0.15, 0.2) is 70.9 Å². The topological polar surface area (TPSA) is 43.9 Å². The summed E-state index contributed by atoms with van der Waals surface area (Å²) in [7, 11) is 0. The van der Waals surface area contributed by atoms with Crippen molar-refractivity contribution in [3.8, 4) is 0 Å². The zero-order valence-corrected chi connectivity index (χ0v) is 20.1. The van der Waals surface area contributed by atoms with Crippen molar-refractivity contribution in [2.24, 2.45) is 0 Å². The zero-order chi connectivity index (χ0) is 22.6. The van der Waals surface area contributed by atoms with Crippen molar-refractivity contribution in [1.29, 1.82) is 0 Å². The molecule has 0 aliphatic carbocycles. The van der Waals surface area contributed by atoms with Gasteiger partial charge in [0.1, 0.15) is 0 Å². The lowest BCUT2D eigenvalue weighted by Gasteiger charge is -2.34. The van der Waals surface area contributed by atoms with Gasteiger partial charge in [-0.25, -0.2) is 0 Å². The molecule has 2 aliphatic rings. The molecule has 0 atom stereocenters. The van der Waals surface area contributed by atoms with Gasteiger partial charge in [0.15, 0.2) is 0 Å². The van der Waals surface area contributed by atoms with Crippen LogP contribution in [0.5, 0.6) is 0 Å². The molecule has 0 radical (unpaired) electrons. The standard InChI is InChI=1S/C26H27N3O2S2/c30-25(29-12-11-20-6-1-3-9-23(20)29)19-33-24-10-4-2-8-22(24)26(31)28-15-13-27(14-16-28)18-21-7-5-17-32-21/h1-10,17H,11-16,18-19H2. The molecule has 3 heterocycles. The van der Waals surface area contributed by atoms with Crippen LogP contribution in [0.3, 0.4) is 0 Å². The molecule has 5 nitrogen and oxygen atoms in total. The molecule has 0 N–H and O–H groups in total. The van der Waals surface area contributed by atoms with Gasteiger partial charge in [-0.3, -0.25) is 14.5 Å². The molecule has 0 bridgehead atoms. The number of thiophene rings is 1. The van der Waals surface area contributed by atoms with Gasteiger partial charge in [-0.2, -0.15) is 0 Å². The predicted molar refractivity (Wildman–Crippen MR) is 135 cm³/mol. The summed E-state index contributed by atoms with van der Waals surface area (Å²) < 4.78 is 0. The maximum absolute atomic E-state index is 13.3. The minimum absolute atomic E-state index is 0.0628. The van der Waals surface area contributed by atoms with Crippen LogP contribution in [0.4, 0.5) is 5.69 Å². The van der Waals surface area contributed by atoms with Gasteiger partial charge in [0.2, 0.25) is 5.91 Å². The maximum Gasteiger partial charge on any atom is 0.255 e. The number of para-hydroxylation sites is 1. The van der Waals surface area contributed by atoms with Crippen molar-refractivity contribution in [3.63, 3.8) is 0 Å². The van der Waals surface area contributed by atoms with Crippen molar-refractivity contribution < 1.29 is 9.59 Å². The summed E-state index contributed by atoms with van der Waals surface area (Å²) in [6.45, 7) is 4.90. The van der Waals surface area contributed by atoms with Gasteiger partial charge < -0.3 is 9.80 Å². The molecular weight excluding hydrogens is 450 g/mol. The molecule has 3 aromatic rings. The number of piperazine rings is 1. The molecule has 2 aromatic carbocycles. The van der Waals surface area contributed by atoms with Crippen LogP contribution < -0.4 is 4.90 Å². The molecule has 2 aliphatic heterocycles. The van der Waals surface area contributed by atoms with E-state index in [1.54, 1.807) is 11.3 Å². The number of thioether (sulfide) groups is 1. The highest BCUT2D eigenvalue weighted by molar-refractivity contribution is 8.00. The summed E-state index contributed by atoms with van der Waals surface area (Å²) in [5.41, 5.74) is 2.95. The van der Waals surface area contributed by atoms with Gasteiger partial charge in [-0.15, -0.1) is 23.1 Å². The average Bonchev–Trinajstić information content (AvgIpc) is 3.53. The highest BCUT2D eigenvalue weighted by atomic mass is 32.2. The van der Waals surface area contributed by atoms with E-state index in [1.165, 1.54) is 22.2 Å². The van der Waals surface area contributed by atoms with E-state index >= 15 is 0 Å². The number of fused-ring (bicyclic) bond motifs is 1. The summed E-state index contributed by atoms with van der Waals surface area (Å²) in [5, 5.41) is 2.11. The Kier molecular flexibility index (Phi) is 6.80. The first-order valence-electron chi connectivity index (χ1n) is 11.3. The number of benzene rings is 2. The van der Waals surface area contributed by atoms with Crippen molar-refractivity contribution in [1.82, 2.24) is 9.80 Å². The van der Waals surface area contributed by atoms with Gasteiger partial charge in [0.05, 0.1) is 11.3 Å². The molecule has 33 heavy (non-hydrogen) atoms. The van der Waals surface area contributed by atoms with Crippen molar-refractivity contribution >= 4 is 40.6 Å². The Balaban J connectivity index is 1.19. The summed E-state index contributed by atoms with van der Waals surface area (Å²) in [5.74, 6) is 0.481. The number of carbonyl (C=O) groups excluding carboxylic acids is 2. The van der Waals surface area contributed by atoms with E-state index in [-0.39, 0.29) is 11.8 Å². The Hall–Kier alpha value is -2.61. The third kappa shape index (κ3) is 5.00. The number of amides is 2. The molecule has 1 fully saturated rings. The van der Waals surface area contributed by atoms with Crippen LogP contribution in [-0.2, 0) is 17.8 Å². The summed E-state index contributed by atoms with van der Waals surface area (Å²) in [6, 6.07) is 20.0. The van der Waals surface area contributed by atoms with Gasteiger partial charge >= 0.3 is 0 Å².